The Morgan fingerprint density at radius 1 is 1.32 bits per heavy atom. The summed E-state index contributed by atoms with van der Waals surface area (Å²) in [6.45, 7) is 3.96. The zero-order chi connectivity index (χ0) is 16.3. The van der Waals surface area contributed by atoms with E-state index in [1.54, 1.807) is 15.9 Å². The molecule has 0 spiro atoms. The number of thiophene rings is 1. The maximum Gasteiger partial charge on any atom is 0.264 e. The predicted octanol–water partition coefficient (Wildman–Crippen LogP) is 1.46. The molecule has 0 aliphatic carbocycles. The van der Waals surface area contributed by atoms with E-state index in [-0.39, 0.29) is 17.9 Å². The van der Waals surface area contributed by atoms with E-state index in [1.165, 1.54) is 11.3 Å². The number of aryl methyl sites for hydroxylation is 1. The second-order valence-corrected chi connectivity index (χ2v) is 7.18. The molecule has 1 aromatic rings. The lowest BCUT2D eigenvalue weighted by Gasteiger charge is -2.43. The first-order valence-electron chi connectivity index (χ1n) is 7.32. The molecule has 6 heteroatoms. The largest absolute Gasteiger partial charge is 0.335 e. The smallest absolute Gasteiger partial charge is 0.264 e. The second kappa shape index (κ2) is 7.07. The van der Waals surface area contributed by atoms with Crippen molar-refractivity contribution < 1.29 is 9.59 Å². The number of hydrogen-bond acceptors (Lipinski definition) is 4. The number of likely N-dealkylation sites (N-methyl/N-ethyl adjacent to an activating group) is 2. The Balaban J connectivity index is 1.82. The van der Waals surface area contributed by atoms with Gasteiger partial charge in [0, 0.05) is 37.6 Å². The van der Waals surface area contributed by atoms with Crippen LogP contribution in [0.2, 0.25) is 0 Å². The molecule has 1 aliphatic heterocycles. The van der Waals surface area contributed by atoms with Gasteiger partial charge in [-0.15, -0.1) is 11.3 Å². The molecular weight excluding hydrogens is 298 g/mol. The van der Waals surface area contributed by atoms with Crippen LogP contribution in [0.1, 0.15) is 14.5 Å². The molecule has 2 rings (SSSR count). The van der Waals surface area contributed by atoms with Crippen molar-refractivity contribution in [3.05, 3.63) is 34.0 Å². The van der Waals surface area contributed by atoms with Crippen molar-refractivity contribution in [3.63, 3.8) is 0 Å². The standard InChI is InChI=1S/C16H23N3O2S/c1-12-7-8-14(22-12)16(21)18(4)13-10-19(11-13)15(20)6-5-9-17(2)3/h5-8,13H,9-11H2,1-4H3/b6-5+. The number of carbonyl (C=O) groups is 2. The Bertz CT molecular complexity index is 574. The minimum absolute atomic E-state index is 0.0194. The van der Waals surface area contributed by atoms with E-state index in [0.29, 0.717) is 13.1 Å². The van der Waals surface area contributed by atoms with E-state index in [0.717, 1.165) is 16.3 Å². The molecule has 0 atom stereocenters. The summed E-state index contributed by atoms with van der Waals surface area (Å²) in [6, 6.07) is 3.93. The summed E-state index contributed by atoms with van der Waals surface area (Å²) in [6.07, 6.45) is 3.47. The van der Waals surface area contributed by atoms with Gasteiger partial charge in [-0.2, -0.15) is 0 Å². The molecule has 2 amide bonds. The zero-order valence-electron chi connectivity index (χ0n) is 13.6. The first-order chi connectivity index (χ1) is 10.4. The number of nitrogens with zero attached hydrogens (tertiary/aromatic N) is 3. The van der Waals surface area contributed by atoms with E-state index in [1.807, 2.05) is 51.2 Å². The van der Waals surface area contributed by atoms with E-state index in [9.17, 15) is 9.59 Å². The molecule has 0 radical (unpaired) electrons. The third kappa shape index (κ3) is 3.96. The van der Waals surface area contributed by atoms with Gasteiger partial charge >= 0.3 is 0 Å². The molecule has 2 heterocycles. The Hall–Kier alpha value is -1.66. The summed E-state index contributed by atoms with van der Waals surface area (Å²) in [5, 5.41) is 0. The van der Waals surface area contributed by atoms with Gasteiger partial charge in [-0.05, 0) is 33.2 Å². The van der Waals surface area contributed by atoms with Crippen LogP contribution in [0.15, 0.2) is 24.3 Å². The van der Waals surface area contributed by atoms with Crippen LogP contribution in [-0.2, 0) is 4.79 Å². The molecule has 1 aliphatic rings. The number of amides is 2. The van der Waals surface area contributed by atoms with Crippen LogP contribution < -0.4 is 0 Å². The molecular formula is C16H23N3O2S. The van der Waals surface area contributed by atoms with Gasteiger partial charge in [-0.1, -0.05) is 6.08 Å². The molecule has 5 nitrogen and oxygen atoms in total. The molecule has 1 aromatic heterocycles. The van der Waals surface area contributed by atoms with Crippen molar-refractivity contribution in [1.82, 2.24) is 14.7 Å². The van der Waals surface area contributed by atoms with Gasteiger partial charge in [-0.25, -0.2) is 0 Å². The van der Waals surface area contributed by atoms with E-state index in [2.05, 4.69) is 0 Å². The van der Waals surface area contributed by atoms with Gasteiger partial charge < -0.3 is 14.7 Å². The van der Waals surface area contributed by atoms with Gasteiger partial charge in [0.2, 0.25) is 5.91 Å². The Kier molecular flexibility index (Phi) is 5.37. The average Bonchev–Trinajstić information content (AvgIpc) is 2.82. The van der Waals surface area contributed by atoms with Crippen molar-refractivity contribution >= 4 is 23.2 Å². The SMILES string of the molecule is Cc1ccc(C(=O)N(C)C2CN(C(=O)/C=C/CN(C)C)C2)s1. The number of rotatable bonds is 5. The van der Waals surface area contributed by atoms with Crippen LogP contribution in [0.4, 0.5) is 0 Å². The van der Waals surface area contributed by atoms with E-state index in [4.69, 9.17) is 0 Å². The fourth-order valence-electron chi connectivity index (χ4n) is 2.24. The van der Waals surface area contributed by atoms with Crippen molar-refractivity contribution in [1.29, 1.82) is 0 Å². The molecule has 0 N–H and O–H groups in total. The topological polar surface area (TPSA) is 43.9 Å². The third-order valence-corrected chi connectivity index (χ3v) is 4.71. The highest BCUT2D eigenvalue weighted by atomic mass is 32.1. The van der Waals surface area contributed by atoms with Crippen LogP contribution in [0.5, 0.6) is 0 Å². The molecule has 120 valence electrons. The minimum atomic E-state index is 0.0194. The number of likely N-dealkylation sites (tertiary alicyclic amines) is 1. The Morgan fingerprint density at radius 3 is 2.55 bits per heavy atom. The lowest BCUT2D eigenvalue weighted by atomic mass is 10.1. The number of carbonyl (C=O) groups excluding carboxylic acids is 2. The molecule has 1 fully saturated rings. The molecule has 1 saturated heterocycles. The van der Waals surface area contributed by atoms with E-state index < -0.39 is 0 Å². The highest BCUT2D eigenvalue weighted by Gasteiger charge is 2.34. The highest BCUT2D eigenvalue weighted by Crippen LogP contribution is 2.21. The van der Waals surface area contributed by atoms with Crippen LogP contribution >= 0.6 is 11.3 Å². The van der Waals surface area contributed by atoms with Crippen molar-refractivity contribution in [2.24, 2.45) is 0 Å². The van der Waals surface area contributed by atoms with Gasteiger partial charge in [-0.3, -0.25) is 9.59 Å². The fourth-order valence-corrected chi connectivity index (χ4v) is 3.09. The summed E-state index contributed by atoms with van der Waals surface area (Å²) in [5.41, 5.74) is 0. The molecule has 22 heavy (non-hydrogen) atoms. The third-order valence-electron chi connectivity index (χ3n) is 3.72. The van der Waals surface area contributed by atoms with Gasteiger partial charge in [0.15, 0.2) is 0 Å². The van der Waals surface area contributed by atoms with Crippen LogP contribution in [0, 0.1) is 6.92 Å². The summed E-state index contributed by atoms with van der Waals surface area (Å²) in [5.74, 6) is 0.0595. The Labute approximate surface area is 135 Å². The summed E-state index contributed by atoms with van der Waals surface area (Å²) in [7, 11) is 5.73. The molecule has 0 unspecified atom stereocenters. The van der Waals surface area contributed by atoms with Crippen molar-refractivity contribution in [2.45, 2.75) is 13.0 Å². The normalized spacial score (nSPS) is 15.4. The van der Waals surface area contributed by atoms with Crippen LogP contribution in [0.25, 0.3) is 0 Å². The van der Waals surface area contributed by atoms with Crippen LogP contribution in [0.3, 0.4) is 0 Å². The molecule has 0 aromatic carbocycles. The highest BCUT2D eigenvalue weighted by molar-refractivity contribution is 7.13. The first kappa shape index (κ1) is 16.7. The van der Waals surface area contributed by atoms with Gasteiger partial charge in [0.25, 0.3) is 5.91 Å². The monoisotopic (exact) mass is 321 g/mol. The maximum atomic E-state index is 12.3. The molecule has 0 saturated carbocycles. The van der Waals surface area contributed by atoms with Gasteiger partial charge in [0.1, 0.15) is 0 Å². The lowest BCUT2D eigenvalue weighted by Crippen LogP contribution is -2.60. The summed E-state index contributed by atoms with van der Waals surface area (Å²) >= 11 is 1.51. The fraction of sp³-hybridized carbons (Fsp3) is 0.500. The van der Waals surface area contributed by atoms with Crippen molar-refractivity contribution in [3.8, 4) is 0 Å². The average molecular weight is 321 g/mol. The number of hydrogen-bond donors (Lipinski definition) is 0. The second-order valence-electron chi connectivity index (χ2n) is 5.89. The van der Waals surface area contributed by atoms with Gasteiger partial charge in [0.05, 0.1) is 10.9 Å². The summed E-state index contributed by atoms with van der Waals surface area (Å²) in [4.78, 5) is 31.7. The van der Waals surface area contributed by atoms with Crippen molar-refractivity contribution in [2.75, 3.05) is 40.8 Å². The maximum absolute atomic E-state index is 12.3. The quantitative estimate of drug-likeness (QED) is 0.771. The lowest BCUT2D eigenvalue weighted by molar-refractivity contribution is -0.132. The minimum Gasteiger partial charge on any atom is -0.335 e. The van der Waals surface area contributed by atoms with Crippen LogP contribution in [-0.4, -0.2) is 73.3 Å². The van der Waals surface area contributed by atoms with E-state index >= 15 is 0 Å². The zero-order valence-corrected chi connectivity index (χ0v) is 14.4. The summed E-state index contributed by atoms with van der Waals surface area (Å²) < 4.78 is 0. The predicted molar refractivity (Wildman–Crippen MR) is 89.2 cm³/mol. The Morgan fingerprint density at radius 2 is 2.00 bits per heavy atom. The molecule has 0 bridgehead atoms. The first-order valence-corrected chi connectivity index (χ1v) is 8.14.